The summed E-state index contributed by atoms with van der Waals surface area (Å²) in [6.07, 6.45) is 3.34. The molecule has 0 bridgehead atoms. The summed E-state index contributed by atoms with van der Waals surface area (Å²) >= 11 is 0. The SMILES string of the molecule is CC(C)(C)[C@H](NC(=O)CCn1ccnn1)C(=O)O. The predicted octanol–water partition coefficient (Wildman–Crippen LogP) is 0.284. The Balaban J connectivity index is 2.49. The molecule has 1 heterocycles. The molecule has 1 atom stereocenters. The Bertz CT molecular complexity index is 408. The molecule has 100 valence electrons. The van der Waals surface area contributed by atoms with Gasteiger partial charge in [0.1, 0.15) is 6.04 Å². The number of carbonyl (C=O) groups excluding carboxylic acids is 1. The molecule has 0 aliphatic heterocycles. The van der Waals surface area contributed by atoms with Crippen LogP contribution in [0.15, 0.2) is 12.4 Å². The molecule has 1 aromatic rings. The average Bonchev–Trinajstić information content (AvgIpc) is 2.73. The third-order valence-corrected chi connectivity index (χ3v) is 2.46. The van der Waals surface area contributed by atoms with E-state index in [1.165, 1.54) is 10.9 Å². The highest BCUT2D eigenvalue weighted by atomic mass is 16.4. The van der Waals surface area contributed by atoms with E-state index >= 15 is 0 Å². The minimum Gasteiger partial charge on any atom is -0.480 e. The zero-order valence-corrected chi connectivity index (χ0v) is 10.8. The van der Waals surface area contributed by atoms with Crippen LogP contribution in [0.2, 0.25) is 0 Å². The molecule has 0 aliphatic carbocycles. The van der Waals surface area contributed by atoms with Crippen molar-refractivity contribution in [1.29, 1.82) is 0 Å². The summed E-state index contributed by atoms with van der Waals surface area (Å²) in [5.74, 6) is -1.34. The fraction of sp³-hybridized carbons (Fsp3) is 0.636. The van der Waals surface area contributed by atoms with Crippen molar-refractivity contribution in [2.75, 3.05) is 0 Å². The summed E-state index contributed by atoms with van der Waals surface area (Å²) in [6, 6.07) is -0.902. The molecule has 0 aromatic carbocycles. The Kier molecular flexibility index (Phi) is 4.41. The fourth-order valence-electron chi connectivity index (χ4n) is 1.45. The minimum atomic E-state index is -1.03. The van der Waals surface area contributed by atoms with Gasteiger partial charge in [-0.15, -0.1) is 5.10 Å². The van der Waals surface area contributed by atoms with Crippen LogP contribution in [0.25, 0.3) is 0 Å². The molecule has 7 heteroatoms. The van der Waals surface area contributed by atoms with Crippen LogP contribution in [0.3, 0.4) is 0 Å². The van der Waals surface area contributed by atoms with Gasteiger partial charge >= 0.3 is 5.97 Å². The predicted molar refractivity (Wildman–Crippen MR) is 63.7 cm³/mol. The zero-order chi connectivity index (χ0) is 13.8. The van der Waals surface area contributed by atoms with Crippen LogP contribution >= 0.6 is 0 Å². The summed E-state index contributed by atoms with van der Waals surface area (Å²) in [6.45, 7) is 5.68. The number of hydrogen-bond acceptors (Lipinski definition) is 4. The largest absolute Gasteiger partial charge is 0.480 e. The smallest absolute Gasteiger partial charge is 0.326 e. The highest BCUT2D eigenvalue weighted by molar-refractivity contribution is 5.84. The number of nitrogens with one attached hydrogen (secondary N) is 1. The molecule has 0 radical (unpaired) electrons. The Hall–Kier alpha value is -1.92. The average molecular weight is 254 g/mol. The molecule has 0 fully saturated rings. The fourth-order valence-corrected chi connectivity index (χ4v) is 1.45. The van der Waals surface area contributed by atoms with Crippen molar-refractivity contribution in [3.8, 4) is 0 Å². The quantitative estimate of drug-likeness (QED) is 0.786. The van der Waals surface area contributed by atoms with Crippen LogP contribution < -0.4 is 5.32 Å². The van der Waals surface area contributed by atoms with Crippen LogP contribution in [0, 0.1) is 5.41 Å². The van der Waals surface area contributed by atoms with E-state index in [1.807, 2.05) is 0 Å². The summed E-state index contributed by atoms with van der Waals surface area (Å²) in [5.41, 5.74) is -0.533. The van der Waals surface area contributed by atoms with E-state index < -0.39 is 17.4 Å². The lowest BCUT2D eigenvalue weighted by Crippen LogP contribution is -2.49. The molecule has 0 spiro atoms. The van der Waals surface area contributed by atoms with Crippen LogP contribution in [0.1, 0.15) is 27.2 Å². The highest BCUT2D eigenvalue weighted by Crippen LogP contribution is 2.19. The Labute approximate surface area is 105 Å². The molecule has 0 aliphatic rings. The summed E-state index contributed by atoms with van der Waals surface area (Å²) < 4.78 is 1.52. The molecule has 1 aromatic heterocycles. The van der Waals surface area contributed by atoms with Gasteiger partial charge in [-0.05, 0) is 5.41 Å². The van der Waals surface area contributed by atoms with Gasteiger partial charge in [-0.25, -0.2) is 4.79 Å². The molecule has 2 N–H and O–H groups in total. The molecular formula is C11H18N4O3. The number of nitrogens with zero attached hydrogens (tertiary/aromatic N) is 3. The maximum absolute atomic E-state index is 11.7. The van der Waals surface area contributed by atoms with Gasteiger partial charge in [0.05, 0.1) is 12.7 Å². The highest BCUT2D eigenvalue weighted by Gasteiger charge is 2.32. The minimum absolute atomic E-state index is 0.170. The number of carboxylic acid groups (broad SMARTS) is 1. The number of amides is 1. The Morgan fingerprint density at radius 2 is 2.11 bits per heavy atom. The lowest BCUT2D eigenvalue weighted by molar-refractivity contribution is -0.145. The molecule has 1 amide bonds. The van der Waals surface area contributed by atoms with E-state index in [-0.39, 0.29) is 12.3 Å². The van der Waals surface area contributed by atoms with Crippen LogP contribution in [0.4, 0.5) is 0 Å². The van der Waals surface area contributed by atoms with Gasteiger partial charge in [-0.1, -0.05) is 26.0 Å². The van der Waals surface area contributed by atoms with Gasteiger partial charge in [0.15, 0.2) is 0 Å². The normalized spacial score (nSPS) is 13.1. The van der Waals surface area contributed by atoms with Crippen molar-refractivity contribution in [1.82, 2.24) is 20.3 Å². The zero-order valence-electron chi connectivity index (χ0n) is 10.8. The number of aliphatic carboxylic acids is 1. The Morgan fingerprint density at radius 1 is 1.44 bits per heavy atom. The summed E-state index contributed by atoms with van der Waals surface area (Å²) in [5, 5.41) is 18.9. The lowest BCUT2D eigenvalue weighted by Gasteiger charge is -2.27. The molecule has 1 rings (SSSR count). The molecule has 7 nitrogen and oxygen atoms in total. The van der Waals surface area contributed by atoms with E-state index in [0.717, 1.165) is 0 Å². The van der Waals surface area contributed by atoms with Gasteiger partial charge < -0.3 is 10.4 Å². The van der Waals surface area contributed by atoms with E-state index in [4.69, 9.17) is 5.11 Å². The molecule has 0 unspecified atom stereocenters. The maximum Gasteiger partial charge on any atom is 0.326 e. The second kappa shape index (κ2) is 5.61. The number of rotatable bonds is 5. The maximum atomic E-state index is 11.7. The van der Waals surface area contributed by atoms with E-state index in [9.17, 15) is 9.59 Å². The molecule has 0 saturated heterocycles. The first-order valence-electron chi connectivity index (χ1n) is 5.67. The second-order valence-corrected chi connectivity index (χ2v) is 5.12. The third kappa shape index (κ3) is 4.15. The first-order valence-corrected chi connectivity index (χ1v) is 5.67. The summed E-state index contributed by atoms with van der Waals surface area (Å²) in [7, 11) is 0. The van der Waals surface area contributed by atoms with Crippen molar-refractivity contribution >= 4 is 11.9 Å². The van der Waals surface area contributed by atoms with Crippen LogP contribution in [-0.2, 0) is 16.1 Å². The van der Waals surface area contributed by atoms with Crippen molar-refractivity contribution < 1.29 is 14.7 Å². The first-order chi connectivity index (χ1) is 8.30. The molecular weight excluding hydrogens is 236 g/mol. The third-order valence-electron chi connectivity index (χ3n) is 2.46. The number of carbonyl (C=O) groups is 2. The Morgan fingerprint density at radius 3 is 2.56 bits per heavy atom. The number of aryl methyl sites for hydroxylation is 1. The topological polar surface area (TPSA) is 97.1 Å². The standard InChI is InChI=1S/C11H18N4O3/c1-11(2,3)9(10(17)18)13-8(16)4-6-15-7-5-12-14-15/h5,7,9H,4,6H2,1-3H3,(H,13,16)(H,17,18)/t9-/m1/s1. The van der Waals surface area contributed by atoms with Gasteiger partial charge in [-0.2, -0.15) is 0 Å². The van der Waals surface area contributed by atoms with E-state index in [2.05, 4.69) is 15.6 Å². The van der Waals surface area contributed by atoms with Gasteiger partial charge in [0.25, 0.3) is 0 Å². The van der Waals surface area contributed by atoms with Crippen molar-refractivity contribution in [2.24, 2.45) is 5.41 Å². The first kappa shape index (κ1) is 14.1. The molecule has 0 saturated carbocycles. The second-order valence-electron chi connectivity index (χ2n) is 5.12. The number of aromatic nitrogens is 3. The number of hydrogen-bond donors (Lipinski definition) is 2. The van der Waals surface area contributed by atoms with Crippen LogP contribution in [-0.4, -0.2) is 38.0 Å². The van der Waals surface area contributed by atoms with Gasteiger partial charge in [-0.3, -0.25) is 9.48 Å². The van der Waals surface area contributed by atoms with Crippen molar-refractivity contribution in [3.63, 3.8) is 0 Å². The van der Waals surface area contributed by atoms with Gasteiger partial charge in [0, 0.05) is 12.6 Å². The molecule has 18 heavy (non-hydrogen) atoms. The van der Waals surface area contributed by atoms with Crippen molar-refractivity contribution in [2.45, 2.75) is 39.8 Å². The van der Waals surface area contributed by atoms with Crippen LogP contribution in [0.5, 0.6) is 0 Å². The summed E-state index contributed by atoms with van der Waals surface area (Å²) in [4.78, 5) is 22.7. The monoisotopic (exact) mass is 254 g/mol. The van der Waals surface area contributed by atoms with E-state index in [0.29, 0.717) is 6.54 Å². The van der Waals surface area contributed by atoms with Gasteiger partial charge in [0.2, 0.25) is 5.91 Å². The number of carboxylic acids is 1. The van der Waals surface area contributed by atoms with Crippen molar-refractivity contribution in [3.05, 3.63) is 12.4 Å². The van der Waals surface area contributed by atoms with E-state index in [1.54, 1.807) is 27.0 Å². The lowest BCUT2D eigenvalue weighted by atomic mass is 9.86.